The van der Waals surface area contributed by atoms with Gasteiger partial charge in [0, 0.05) is 48.4 Å². The predicted molar refractivity (Wildman–Crippen MR) is 177 cm³/mol. The Bertz CT molecular complexity index is 2710. The summed E-state index contributed by atoms with van der Waals surface area (Å²) in [5.74, 6) is 0. The summed E-state index contributed by atoms with van der Waals surface area (Å²) >= 11 is 1.71. The molecule has 198 valence electrons. The Kier molecular flexibility index (Phi) is 4.87. The minimum atomic E-state index is 0.656. The van der Waals surface area contributed by atoms with Gasteiger partial charge in [-0.15, -0.1) is 11.3 Å². The van der Waals surface area contributed by atoms with Gasteiger partial charge in [0.1, 0.15) is 6.07 Å². The number of nitrogens with zero attached hydrogens (tertiary/aromatic N) is 4. The summed E-state index contributed by atoms with van der Waals surface area (Å²) < 4.78 is 6.89. The predicted octanol–water partition coefficient (Wildman–Crippen LogP) is 9.99. The number of aromatic nitrogens is 2. The maximum absolute atomic E-state index is 9.80. The highest BCUT2D eigenvalue weighted by atomic mass is 32.1. The first-order chi connectivity index (χ1) is 21.2. The van der Waals surface area contributed by atoms with Crippen LogP contribution in [0.25, 0.3) is 75.2 Å². The second-order valence-electron chi connectivity index (χ2n) is 10.8. The maximum Gasteiger partial charge on any atom is 0.101 e. The molecule has 9 aromatic rings. The van der Waals surface area contributed by atoms with Crippen LogP contribution in [0.15, 0.2) is 121 Å². The highest BCUT2D eigenvalue weighted by Gasteiger charge is 2.19. The highest BCUT2D eigenvalue weighted by Crippen LogP contribution is 2.44. The molecule has 5 heteroatoms. The number of rotatable bonds is 2. The van der Waals surface area contributed by atoms with E-state index in [4.69, 9.17) is 0 Å². The zero-order chi connectivity index (χ0) is 28.7. The molecular formula is C38H20N4S. The van der Waals surface area contributed by atoms with Crippen LogP contribution in [0, 0.1) is 22.7 Å². The number of nitriles is 2. The van der Waals surface area contributed by atoms with Gasteiger partial charge in [0.25, 0.3) is 0 Å². The van der Waals surface area contributed by atoms with Crippen molar-refractivity contribution >= 4 is 75.1 Å². The van der Waals surface area contributed by atoms with Crippen molar-refractivity contribution in [1.29, 1.82) is 10.5 Å². The Morgan fingerprint density at radius 1 is 0.465 bits per heavy atom. The molecular weight excluding hydrogens is 545 g/mol. The summed E-state index contributed by atoms with van der Waals surface area (Å²) in [6.45, 7) is 0. The lowest BCUT2D eigenvalue weighted by molar-refractivity contribution is 1.13. The molecule has 0 aliphatic carbocycles. The zero-order valence-corrected chi connectivity index (χ0v) is 23.6. The van der Waals surface area contributed by atoms with E-state index in [0.29, 0.717) is 5.56 Å². The fourth-order valence-corrected chi connectivity index (χ4v) is 8.09. The Morgan fingerprint density at radius 3 is 1.88 bits per heavy atom. The smallest absolute Gasteiger partial charge is 0.101 e. The topological polar surface area (TPSA) is 57.4 Å². The first-order valence-corrected chi connectivity index (χ1v) is 14.9. The van der Waals surface area contributed by atoms with Crippen molar-refractivity contribution in [2.45, 2.75) is 0 Å². The van der Waals surface area contributed by atoms with Gasteiger partial charge in [-0.2, -0.15) is 10.5 Å². The van der Waals surface area contributed by atoms with E-state index in [1.165, 1.54) is 20.9 Å². The lowest BCUT2D eigenvalue weighted by Gasteiger charge is -2.13. The van der Waals surface area contributed by atoms with Gasteiger partial charge in [0.05, 0.1) is 44.0 Å². The minimum Gasteiger partial charge on any atom is -0.309 e. The number of para-hydroxylation sites is 2. The molecule has 9 rings (SSSR count). The number of hydrogen-bond acceptors (Lipinski definition) is 3. The first kappa shape index (κ1) is 23.8. The van der Waals surface area contributed by atoms with E-state index in [0.717, 1.165) is 59.9 Å². The normalized spacial score (nSPS) is 11.7. The average molecular weight is 565 g/mol. The molecule has 0 spiro atoms. The van der Waals surface area contributed by atoms with E-state index < -0.39 is 0 Å². The van der Waals surface area contributed by atoms with Gasteiger partial charge in [-0.3, -0.25) is 0 Å². The van der Waals surface area contributed by atoms with Gasteiger partial charge < -0.3 is 9.13 Å². The Balaban J connectivity index is 1.35. The maximum atomic E-state index is 9.80. The van der Waals surface area contributed by atoms with Crippen molar-refractivity contribution in [1.82, 2.24) is 9.13 Å². The molecule has 4 nitrogen and oxygen atoms in total. The summed E-state index contributed by atoms with van der Waals surface area (Å²) in [5.41, 5.74) is 7.95. The van der Waals surface area contributed by atoms with Gasteiger partial charge >= 0.3 is 0 Å². The molecule has 0 unspecified atom stereocenters. The van der Waals surface area contributed by atoms with Crippen molar-refractivity contribution in [3.63, 3.8) is 0 Å². The third-order valence-corrected chi connectivity index (χ3v) is 9.84. The summed E-state index contributed by atoms with van der Waals surface area (Å²) in [6.07, 6.45) is 0. The summed E-state index contributed by atoms with van der Waals surface area (Å²) in [7, 11) is 0. The number of benzene rings is 6. The number of thiophene rings is 1. The van der Waals surface area contributed by atoms with E-state index in [2.05, 4.69) is 112 Å². The molecule has 43 heavy (non-hydrogen) atoms. The molecule has 0 bridgehead atoms. The average Bonchev–Trinajstić information content (AvgIpc) is 3.72. The number of hydrogen-bond donors (Lipinski definition) is 0. The molecule has 0 amide bonds. The van der Waals surface area contributed by atoms with E-state index in [9.17, 15) is 10.5 Å². The molecule has 3 aromatic heterocycles. The fraction of sp³-hybridized carbons (Fsp3) is 0. The van der Waals surface area contributed by atoms with Crippen LogP contribution < -0.4 is 0 Å². The summed E-state index contributed by atoms with van der Waals surface area (Å²) in [5, 5.41) is 26.3. The summed E-state index contributed by atoms with van der Waals surface area (Å²) in [4.78, 5) is 0. The van der Waals surface area contributed by atoms with E-state index >= 15 is 0 Å². The van der Waals surface area contributed by atoms with Crippen LogP contribution in [0.3, 0.4) is 0 Å². The van der Waals surface area contributed by atoms with Crippen molar-refractivity contribution in [3.8, 4) is 23.5 Å². The molecule has 0 N–H and O–H groups in total. The van der Waals surface area contributed by atoms with Crippen LogP contribution >= 0.6 is 11.3 Å². The fourth-order valence-electron chi connectivity index (χ4n) is 6.77. The van der Waals surface area contributed by atoms with Crippen molar-refractivity contribution in [2.75, 3.05) is 0 Å². The monoisotopic (exact) mass is 564 g/mol. The van der Waals surface area contributed by atoms with E-state index in [-0.39, 0.29) is 0 Å². The van der Waals surface area contributed by atoms with Gasteiger partial charge in [-0.05, 0) is 60.7 Å². The van der Waals surface area contributed by atoms with Gasteiger partial charge in [0.2, 0.25) is 0 Å². The van der Waals surface area contributed by atoms with Gasteiger partial charge in [-0.1, -0.05) is 60.7 Å². The van der Waals surface area contributed by atoms with Crippen molar-refractivity contribution < 1.29 is 0 Å². The standard InChI is InChI=1S/C38H20N4S/c39-21-23-15-17-34-31(19-23)27-10-1-3-13-32(27)41(34)25-8-6-9-26(20-25)42-33-14-4-2-11-30(33)36-35(42)18-16-29-28-12-5-7-24(22-40)37(28)43-38(29)36/h1-20H. The highest BCUT2D eigenvalue weighted by molar-refractivity contribution is 7.27. The Morgan fingerprint density at radius 2 is 1.09 bits per heavy atom. The largest absolute Gasteiger partial charge is 0.309 e. The molecule has 0 atom stereocenters. The van der Waals surface area contributed by atoms with Gasteiger partial charge in [-0.25, -0.2) is 0 Å². The Hall–Kier alpha value is -5.88. The van der Waals surface area contributed by atoms with Crippen LogP contribution in [0.5, 0.6) is 0 Å². The van der Waals surface area contributed by atoms with Crippen LogP contribution in [-0.4, -0.2) is 9.13 Å². The van der Waals surface area contributed by atoms with Crippen LogP contribution in [0.4, 0.5) is 0 Å². The number of fused-ring (bicyclic) bond motifs is 10. The zero-order valence-electron chi connectivity index (χ0n) is 22.7. The SMILES string of the molecule is N#Cc1ccc2c(c1)c1ccccc1n2-c1cccc(-n2c3ccccc3c3c4sc5c(C#N)cccc5c4ccc32)c1. The third-order valence-electron chi connectivity index (χ3n) is 8.57. The van der Waals surface area contributed by atoms with Crippen molar-refractivity contribution in [3.05, 3.63) is 132 Å². The van der Waals surface area contributed by atoms with Crippen molar-refractivity contribution in [2.24, 2.45) is 0 Å². The first-order valence-electron chi connectivity index (χ1n) is 14.1. The molecule has 0 fully saturated rings. The molecule has 3 heterocycles. The lowest BCUT2D eigenvalue weighted by Crippen LogP contribution is -1.98. The molecule has 0 aliphatic heterocycles. The van der Waals surface area contributed by atoms with E-state index in [1.54, 1.807) is 11.3 Å². The quantitative estimate of drug-likeness (QED) is 0.210. The summed E-state index contributed by atoms with van der Waals surface area (Å²) in [6, 6.07) is 46.7. The Labute approximate surface area is 250 Å². The molecule has 0 aliphatic rings. The molecule has 0 saturated carbocycles. The minimum absolute atomic E-state index is 0.656. The molecule has 6 aromatic carbocycles. The van der Waals surface area contributed by atoms with E-state index in [1.807, 2.05) is 30.3 Å². The molecule has 0 radical (unpaired) electrons. The second-order valence-corrected chi connectivity index (χ2v) is 11.8. The van der Waals surface area contributed by atoms with Gasteiger partial charge in [0.15, 0.2) is 0 Å². The third kappa shape index (κ3) is 3.23. The van der Waals surface area contributed by atoms with Crippen LogP contribution in [0.1, 0.15) is 11.1 Å². The lowest BCUT2D eigenvalue weighted by atomic mass is 10.1. The van der Waals surface area contributed by atoms with Crippen LogP contribution in [0.2, 0.25) is 0 Å². The van der Waals surface area contributed by atoms with Crippen LogP contribution in [-0.2, 0) is 0 Å². The molecule has 0 saturated heterocycles. The second kappa shape index (κ2) is 8.81.